The minimum absolute atomic E-state index is 0.534. The van der Waals surface area contributed by atoms with E-state index in [2.05, 4.69) is 11.1 Å². The van der Waals surface area contributed by atoms with Crippen LogP contribution in [0.25, 0.3) is 0 Å². The van der Waals surface area contributed by atoms with E-state index >= 15 is 0 Å². The lowest BCUT2D eigenvalue weighted by molar-refractivity contribution is 0.480. The van der Waals surface area contributed by atoms with Crippen LogP contribution in [0.4, 0.5) is 0 Å². The summed E-state index contributed by atoms with van der Waals surface area (Å²) in [5.74, 6) is 1.37. The lowest BCUT2D eigenvalue weighted by atomic mass is 10.3. The van der Waals surface area contributed by atoms with Gasteiger partial charge in [-0.25, -0.2) is 0 Å². The Morgan fingerprint density at radius 2 is 2.21 bits per heavy atom. The molecule has 0 atom stereocenters. The maximum absolute atomic E-state index is 5.76. The topological polar surface area (TPSA) is 22.1 Å². The summed E-state index contributed by atoms with van der Waals surface area (Å²) >= 11 is 5.76. The van der Waals surface area contributed by atoms with Gasteiger partial charge in [-0.1, -0.05) is 11.6 Å². The van der Waals surface area contributed by atoms with Gasteiger partial charge in [-0.2, -0.15) is 0 Å². The Balaban J connectivity index is 2.19. The predicted molar refractivity (Wildman–Crippen MR) is 54.6 cm³/mol. The van der Waals surface area contributed by atoms with Gasteiger partial charge in [0.05, 0.1) is 11.2 Å². The fraction of sp³-hybridized carbons (Fsp3) is 0. The lowest BCUT2D eigenvalue weighted by Crippen LogP contribution is -1.83. The number of hydrogen-bond donors (Lipinski definition) is 0. The summed E-state index contributed by atoms with van der Waals surface area (Å²) in [6, 6.07) is 11.7. The second-order valence-electron chi connectivity index (χ2n) is 2.66. The molecule has 0 amide bonds. The number of benzene rings is 1. The molecule has 0 saturated heterocycles. The molecular weight excluding hydrogens is 198 g/mol. The van der Waals surface area contributed by atoms with E-state index in [1.54, 1.807) is 30.6 Å². The average Bonchev–Trinajstić information content (AvgIpc) is 2.19. The van der Waals surface area contributed by atoms with Crippen molar-refractivity contribution in [2.45, 2.75) is 0 Å². The van der Waals surface area contributed by atoms with E-state index in [-0.39, 0.29) is 0 Å². The smallest absolute Gasteiger partial charge is 0.145 e. The van der Waals surface area contributed by atoms with Gasteiger partial charge < -0.3 is 4.74 Å². The number of nitrogens with zero attached hydrogens (tertiary/aromatic N) is 1. The predicted octanol–water partition coefficient (Wildman–Crippen LogP) is 3.33. The van der Waals surface area contributed by atoms with Crippen LogP contribution in [-0.4, -0.2) is 4.98 Å². The monoisotopic (exact) mass is 204 g/mol. The standard InChI is InChI=1S/C11H7ClNO/c12-9-3-1-4-10(7-9)14-11-5-2-6-13-8-11/h1-2,4-8H. The van der Waals surface area contributed by atoms with Crippen LogP contribution in [0.5, 0.6) is 11.5 Å². The minimum atomic E-state index is 0.534. The van der Waals surface area contributed by atoms with E-state index in [0.29, 0.717) is 16.5 Å². The van der Waals surface area contributed by atoms with Crippen molar-refractivity contribution in [3.8, 4) is 11.5 Å². The molecule has 0 unspecified atom stereocenters. The molecule has 2 aromatic rings. The van der Waals surface area contributed by atoms with Crippen LogP contribution in [-0.2, 0) is 0 Å². The molecule has 2 rings (SSSR count). The third kappa shape index (κ3) is 2.24. The number of halogens is 1. The molecule has 1 radical (unpaired) electrons. The van der Waals surface area contributed by atoms with Crippen molar-refractivity contribution in [3.63, 3.8) is 0 Å². The molecule has 1 heterocycles. The van der Waals surface area contributed by atoms with Crippen molar-refractivity contribution >= 4 is 11.6 Å². The van der Waals surface area contributed by atoms with E-state index in [9.17, 15) is 0 Å². The van der Waals surface area contributed by atoms with Crippen molar-refractivity contribution < 1.29 is 4.74 Å². The Kier molecular flexibility index (Phi) is 2.65. The summed E-state index contributed by atoms with van der Waals surface area (Å²) in [5, 5.41) is 0.534. The largest absolute Gasteiger partial charge is 0.456 e. The second kappa shape index (κ2) is 4.11. The maximum Gasteiger partial charge on any atom is 0.145 e. The number of pyridine rings is 1. The number of aromatic nitrogens is 1. The van der Waals surface area contributed by atoms with Gasteiger partial charge in [-0.05, 0) is 24.3 Å². The fourth-order valence-corrected chi connectivity index (χ4v) is 1.20. The summed E-state index contributed by atoms with van der Waals surface area (Å²) in [5.41, 5.74) is 0. The summed E-state index contributed by atoms with van der Waals surface area (Å²) < 4.78 is 5.49. The van der Waals surface area contributed by atoms with E-state index in [4.69, 9.17) is 16.3 Å². The molecular formula is C11H7ClNO. The van der Waals surface area contributed by atoms with Crippen molar-refractivity contribution in [1.82, 2.24) is 4.98 Å². The summed E-state index contributed by atoms with van der Waals surface area (Å²) in [6.45, 7) is 0. The molecule has 0 saturated carbocycles. The number of ether oxygens (including phenoxy) is 1. The zero-order valence-electron chi connectivity index (χ0n) is 7.27. The molecule has 2 nitrogen and oxygen atoms in total. The molecule has 1 aromatic heterocycles. The first-order chi connectivity index (χ1) is 6.84. The number of rotatable bonds is 2. The molecule has 0 fully saturated rings. The zero-order valence-corrected chi connectivity index (χ0v) is 8.03. The Morgan fingerprint density at radius 3 is 2.93 bits per heavy atom. The molecule has 0 spiro atoms. The maximum atomic E-state index is 5.76. The van der Waals surface area contributed by atoms with Crippen LogP contribution >= 0.6 is 11.6 Å². The number of hydrogen-bond acceptors (Lipinski definition) is 2. The fourth-order valence-electron chi connectivity index (χ4n) is 1.03. The summed E-state index contributed by atoms with van der Waals surface area (Å²) in [4.78, 5) is 3.94. The first-order valence-corrected chi connectivity index (χ1v) is 4.47. The van der Waals surface area contributed by atoms with Gasteiger partial charge in [0.1, 0.15) is 11.5 Å². The first kappa shape index (κ1) is 9.03. The average molecular weight is 205 g/mol. The van der Waals surface area contributed by atoms with Gasteiger partial charge >= 0.3 is 0 Å². The third-order valence-corrected chi connectivity index (χ3v) is 1.83. The van der Waals surface area contributed by atoms with Crippen LogP contribution in [0.2, 0.25) is 5.02 Å². The third-order valence-electron chi connectivity index (χ3n) is 1.61. The minimum Gasteiger partial charge on any atom is -0.456 e. The van der Waals surface area contributed by atoms with Gasteiger partial charge in [-0.3, -0.25) is 4.98 Å². The van der Waals surface area contributed by atoms with Gasteiger partial charge in [-0.15, -0.1) is 0 Å². The molecule has 0 N–H and O–H groups in total. The van der Waals surface area contributed by atoms with Crippen LogP contribution in [0.1, 0.15) is 0 Å². The van der Waals surface area contributed by atoms with Gasteiger partial charge in [0.2, 0.25) is 0 Å². The first-order valence-electron chi connectivity index (χ1n) is 4.10. The van der Waals surface area contributed by atoms with E-state index in [1.807, 2.05) is 12.1 Å². The molecule has 1 aromatic carbocycles. The molecule has 0 aliphatic carbocycles. The quantitative estimate of drug-likeness (QED) is 0.749. The van der Waals surface area contributed by atoms with Gasteiger partial charge in [0, 0.05) is 18.3 Å². The van der Waals surface area contributed by atoms with Crippen LogP contribution in [0.15, 0.2) is 42.7 Å². The van der Waals surface area contributed by atoms with Crippen molar-refractivity contribution in [2.75, 3.05) is 0 Å². The Hall–Kier alpha value is -1.54. The molecule has 3 heteroatoms. The Labute approximate surface area is 87.1 Å². The summed E-state index contributed by atoms with van der Waals surface area (Å²) in [7, 11) is 0. The van der Waals surface area contributed by atoms with E-state index in [0.717, 1.165) is 0 Å². The van der Waals surface area contributed by atoms with Crippen molar-refractivity contribution in [2.24, 2.45) is 0 Å². The molecule has 69 valence electrons. The molecule has 0 aliphatic rings. The molecule has 14 heavy (non-hydrogen) atoms. The molecule has 0 bridgehead atoms. The highest BCUT2D eigenvalue weighted by atomic mass is 35.5. The van der Waals surface area contributed by atoms with Gasteiger partial charge in [0.15, 0.2) is 0 Å². The van der Waals surface area contributed by atoms with Crippen molar-refractivity contribution in [3.05, 3.63) is 53.8 Å². The van der Waals surface area contributed by atoms with E-state index < -0.39 is 0 Å². The second-order valence-corrected chi connectivity index (χ2v) is 3.07. The van der Waals surface area contributed by atoms with Crippen LogP contribution in [0.3, 0.4) is 0 Å². The van der Waals surface area contributed by atoms with Crippen molar-refractivity contribution in [1.29, 1.82) is 0 Å². The normalized spacial score (nSPS) is 9.79. The highest BCUT2D eigenvalue weighted by Gasteiger charge is 1.96. The molecule has 0 aliphatic heterocycles. The lowest BCUT2D eigenvalue weighted by Gasteiger charge is -2.04. The summed E-state index contributed by atoms with van der Waals surface area (Å²) in [6.07, 6.45) is 3.34. The Morgan fingerprint density at radius 1 is 1.29 bits per heavy atom. The van der Waals surface area contributed by atoms with Crippen LogP contribution < -0.4 is 4.74 Å². The highest BCUT2D eigenvalue weighted by molar-refractivity contribution is 6.30. The van der Waals surface area contributed by atoms with E-state index in [1.165, 1.54) is 0 Å². The Bertz CT molecular complexity index is 417. The highest BCUT2D eigenvalue weighted by Crippen LogP contribution is 2.22. The SMILES string of the molecule is Clc1[c]ccc(Oc2cccnc2)c1. The van der Waals surface area contributed by atoms with Crippen LogP contribution in [0, 0.1) is 6.07 Å². The van der Waals surface area contributed by atoms with Gasteiger partial charge in [0.25, 0.3) is 0 Å². The zero-order chi connectivity index (χ0) is 9.80.